The second-order valence-electron chi connectivity index (χ2n) is 9.38. The summed E-state index contributed by atoms with van der Waals surface area (Å²) in [5.41, 5.74) is -1.29. The van der Waals surface area contributed by atoms with Crippen molar-refractivity contribution in [3.8, 4) is 0 Å². The van der Waals surface area contributed by atoms with Crippen molar-refractivity contribution in [1.29, 1.82) is 0 Å². The van der Waals surface area contributed by atoms with Gasteiger partial charge in [-0.2, -0.15) is 13.2 Å². The molecule has 2 aliphatic rings. The van der Waals surface area contributed by atoms with Crippen molar-refractivity contribution in [2.45, 2.75) is 28.9 Å². The molecule has 2 aliphatic heterocycles. The summed E-state index contributed by atoms with van der Waals surface area (Å²) in [6.07, 6.45) is -4.80. The molecule has 4 heterocycles. The zero-order chi connectivity index (χ0) is 29.9. The molecule has 1 N–H and O–H groups in total. The van der Waals surface area contributed by atoms with Crippen molar-refractivity contribution in [3.05, 3.63) is 95.0 Å². The quantitative estimate of drug-likeness (QED) is 0.238. The number of thioether (sulfide) groups is 1. The fourth-order valence-corrected chi connectivity index (χ4v) is 9.11. The van der Waals surface area contributed by atoms with Crippen molar-refractivity contribution >= 4 is 86.7 Å². The Balaban J connectivity index is 1.39. The van der Waals surface area contributed by atoms with E-state index in [9.17, 15) is 32.3 Å². The second-order valence-corrected chi connectivity index (χ2v) is 13.3. The molecule has 1 fully saturated rings. The summed E-state index contributed by atoms with van der Waals surface area (Å²) >= 11 is 15.0. The molecular formula is C27H16Cl2F3N3O4S3. The van der Waals surface area contributed by atoms with Gasteiger partial charge >= 0.3 is 11.0 Å². The van der Waals surface area contributed by atoms with Crippen LogP contribution in [0.25, 0.3) is 0 Å². The van der Waals surface area contributed by atoms with Gasteiger partial charge in [-0.3, -0.25) is 23.7 Å². The highest BCUT2D eigenvalue weighted by Gasteiger charge is 2.58. The Labute approximate surface area is 257 Å². The molecule has 7 nitrogen and oxygen atoms in total. The van der Waals surface area contributed by atoms with Gasteiger partial charge in [-0.1, -0.05) is 64.5 Å². The highest BCUT2D eigenvalue weighted by Crippen LogP contribution is 2.55. The molecule has 0 bridgehead atoms. The lowest BCUT2D eigenvalue weighted by atomic mass is 9.87. The van der Waals surface area contributed by atoms with Gasteiger partial charge in [0.25, 0.3) is 0 Å². The third kappa shape index (κ3) is 4.96. The predicted octanol–water partition coefficient (Wildman–Crippen LogP) is 6.73. The number of imide groups is 1. The van der Waals surface area contributed by atoms with Gasteiger partial charge in [0.15, 0.2) is 0 Å². The predicted molar refractivity (Wildman–Crippen MR) is 157 cm³/mol. The fourth-order valence-electron chi connectivity index (χ4n) is 5.09. The normalized spacial score (nSPS) is 20.0. The minimum atomic E-state index is -4.80. The summed E-state index contributed by atoms with van der Waals surface area (Å²) in [4.78, 5) is 55.0. The van der Waals surface area contributed by atoms with E-state index < -0.39 is 63.7 Å². The first-order valence-electron chi connectivity index (χ1n) is 12.2. The number of alkyl halides is 3. The molecule has 1 saturated heterocycles. The molecule has 0 spiro atoms. The minimum Gasteiger partial charge on any atom is -0.324 e. The van der Waals surface area contributed by atoms with Gasteiger partial charge in [-0.25, -0.2) is 4.90 Å². The smallest absolute Gasteiger partial charge is 0.324 e. The van der Waals surface area contributed by atoms with E-state index in [1.165, 1.54) is 40.2 Å². The lowest BCUT2D eigenvalue weighted by Crippen LogP contribution is -2.33. The zero-order valence-corrected chi connectivity index (χ0v) is 24.8. The van der Waals surface area contributed by atoms with Gasteiger partial charge in [0.05, 0.1) is 32.2 Å². The minimum absolute atomic E-state index is 0.223. The number of nitrogens with one attached hydrogen (secondary N) is 1. The van der Waals surface area contributed by atoms with Gasteiger partial charge in [-0.15, -0.1) is 11.3 Å². The van der Waals surface area contributed by atoms with Crippen LogP contribution in [0, 0.1) is 5.92 Å². The molecule has 3 amide bonds. The van der Waals surface area contributed by atoms with Crippen molar-refractivity contribution in [1.82, 2.24) is 4.57 Å². The van der Waals surface area contributed by atoms with Crippen LogP contribution in [0.4, 0.5) is 24.5 Å². The molecule has 0 saturated carbocycles. The van der Waals surface area contributed by atoms with E-state index in [0.29, 0.717) is 30.4 Å². The third-order valence-corrected chi connectivity index (χ3v) is 11.2. The number of thiazole rings is 1. The SMILES string of the molecule is O=C(Cn1c2c(sc1=O)[C@H](c1cccs1)C1C(=O)N(c3ccccc3C(F)(F)F)C(=O)C1S2)Nc1ccc(Cl)c(Cl)c1. The van der Waals surface area contributed by atoms with Crippen molar-refractivity contribution in [2.75, 3.05) is 10.2 Å². The number of amides is 3. The van der Waals surface area contributed by atoms with E-state index in [1.807, 2.05) is 0 Å². The number of aromatic nitrogens is 1. The maximum absolute atomic E-state index is 13.9. The van der Waals surface area contributed by atoms with Crippen LogP contribution >= 0.6 is 57.6 Å². The molecule has 6 rings (SSSR count). The van der Waals surface area contributed by atoms with E-state index in [4.69, 9.17) is 23.2 Å². The molecule has 15 heteroatoms. The Kier molecular flexibility index (Phi) is 7.50. The number of anilines is 2. The van der Waals surface area contributed by atoms with Crippen LogP contribution in [0.1, 0.15) is 21.2 Å². The van der Waals surface area contributed by atoms with Gasteiger partial charge in [0.2, 0.25) is 17.7 Å². The van der Waals surface area contributed by atoms with Crippen LogP contribution in [0.5, 0.6) is 0 Å². The van der Waals surface area contributed by atoms with Gasteiger partial charge in [0.1, 0.15) is 11.8 Å². The van der Waals surface area contributed by atoms with Gasteiger partial charge in [0, 0.05) is 21.4 Å². The number of halogens is 5. The van der Waals surface area contributed by atoms with Crippen LogP contribution in [0.15, 0.2) is 69.8 Å². The van der Waals surface area contributed by atoms with Crippen molar-refractivity contribution in [3.63, 3.8) is 0 Å². The van der Waals surface area contributed by atoms with Crippen molar-refractivity contribution in [2.24, 2.45) is 5.92 Å². The van der Waals surface area contributed by atoms with Crippen LogP contribution in [0.3, 0.4) is 0 Å². The molecule has 0 radical (unpaired) electrons. The Hall–Kier alpha value is -3.10. The summed E-state index contributed by atoms with van der Waals surface area (Å²) in [5, 5.41) is 4.15. The maximum atomic E-state index is 13.9. The summed E-state index contributed by atoms with van der Waals surface area (Å²) in [6.45, 7) is -0.408. The number of rotatable bonds is 5. The largest absolute Gasteiger partial charge is 0.418 e. The number of para-hydroxylation sites is 1. The highest BCUT2D eigenvalue weighted by atomic mass is 35.5. The molecule has 42 heavy (non-hydrogen) atoms. The monoisotopic (exact) mass is 669 g/mol. The van der Waals surface area contributed by atoms with Crippen LogP contribution in [0.2, 0.25) is 10.0 Å². The average molecular weight is 671 g/mol. The standard InChI is InChI=1S/C27H16Cl2F3N3O4S3/c28-14-8-7-12(10-15(14)29)33-18(36)11-34-25-22(42-26(34)39)19(17-6-3-9-40-17)20-21(41-25)24(38)35(23(20)37)16-5-2-1-4-13(16)27(30,31)32/h1-10,19-21H,11H2,(H,33,36)/t19-,20?,21?/m1/s1. The Morgan fingerprint density at radius 1 is 0.976 bits per heavy atom. The van der Waals surface area contributed by atoms with Crippen molar-refractivity contribution < 1.29 is 27.6 Å². The van der Waals surface area contributed by atoms with E-state index >= 15 is 0 Å². The summed E-state index contributed by atoms with van der Waals surface area (Å²) in [7, 11) is 0. The number of thiophene rings is 1. The second kappa shape index (κ2) is 10.9. The number of hydrogen-bond donors (Lipinski definition) is 1. The Morgan fingerprint density at radius 3 is 2.43 bits per heavy atom. The first kappa shape index (κ1) is 29.0. The maximum Gasteiger partial charge on any atom is 0.418 e. The number of nitrogens with zero attached hydrogens (tertiary/aromatic N) is 2. The van der Waals surface area contributed by atoms with E-state index in [0.717, 1.165) is 35.2 Å². The van der Waals surface area contributed by atoms with Gasteiger partial charge in [-0.05, 0) is 41.8 Å². The molecule has 216 valence electrons. The molecule has 2 unspecified atom stereocenters. The van der Waals surface area contributed by atoms with E-state index in [2.05, 4.69) is 5.32 Å². The molecule has 0 aliphatic carbocycles. The Morgan fingerprint density at radius 2 is 1.74 bits per heavy atom. The number of benzene rings is 2. The topological polar surface area (TPSA) is 88.5 Å². The number of carbonyl (C=O) groups is 3. The van der Waals surface area contributed by atoms with E-state index in [1.54, 1.807) is 23.6 Å². The highest BCUT2D eigenvalue weighted by molar-refractivity contribution is 8.00. The first-order valence-corrected chi connectivity index (χ1v) is 15.5. The summed E-state index contributed by atoms with van der Waals surface area (Å²) in [5.74, 6) is -3.96. The van der Waals surface area contributed by atoms with Gasteiger partial charge < -0.3 is 5.32 Å². The zero-order valence-electron chi connectivity index (χ0n) is 20.9. The van der Waals surface area contributed by atoms with Crippen LogP contribution in [-0.2, 0) is 27.1 Å². The van der Waals surface area contributed by atoms with Crippen LogP contribution < -0.4 is 15.1 Å². The average Bonchev–Trinajstić information content (AvgIpc) is 3.63. The molecule has 4 aromatic rings. The number of hydrogen-bond acceptors (Lipinski definition) is 7. The third-order valence-electron chi connectivity index (χ3n) is 6.85. The number of carbonyl (C=O) groups excluding carboxylic acids is 3. The lowest BCUT2D eigenvalue weighted by molar-refractivity contribution is -0.137. The molecule has 2 aromatic heterocycles. The first-order chi connectivity index (χ1) is 20.0. The molecule has 2 aromatic carbocycles. The fraction of sp³-hybridized carbons (Fsp3) is 0.185. The summed E-state index contributed by atoms with van der Waals surface area (Å²) in [6, 6.07) is 12.4. The van der Waals surface area contributed by atoms with E-state index in [-0.39, 0.29) is 5.02 Å². The molecular weight excluding hydrogens is 654 g/mol. The summed E-state index contributed by atoms with van der Waals surface area (Å²) < 4.78 is 42.8. The molecule has 3 atom stereocenters. The lowest BCUT2D eigenvalue weighted by Gasteiger charge is -2.29. The van der Waals surface area contributed by atoms with Crippen LogP contribution in [-0.4, -0.2) is 27.5 Å². The Bertz CT molecular complexity index is 1810. The number of fused-ring (bicyclic) bond motifs is 2.